The molecule has 3 aromatic rings. The molecule has 0 spiro atoms. The van der Waals surface area contributed by atoms with Crippen LogP contribution in [-0.2, 0) is 15.9 Å². The summed E-state index contributed by atoms with van der Waals surface area (Å²) in [4.78, 5) is 22.8. The molecule has 170 valence electrons. The van der Waals surface area contributed by atoms with Gasteiger partial charge in [-0.2, -0.15) is 4.98 Å². The van der Waals surface area contributed by atoms with Gasteiger partial charge in [0.25, 0.3) is 5.91 Å². The summed E-state index contributed by atoms with van der Waals surface area (Å²) in [5, 5.41) is 5.18. The van der Waals surface area contributed by atoms with Crippen molar-refractivity contribution in [1.29, 1.82) is 0 Å². The first-order chi connectivity index (χ1) is 15.8. The Bertz CT molecular complexity index is 1010. The zero-order valence-electron chi connectivity index (χ0n) is 18.3. The average molecular weight is 439 g/mol. The molecule has 4 heterocycles. The molecule has 1 atom stereocenters. The van der Waals surface area contributed by atoms with Crippen molar-refractivity contribution in [3.8, 4) is 0 Å². The molecule has 2 saturated heterocycles. The minimum atomic E-state index is 0.0205. The van der Waals surface area contributed by atoms with Gasteiger partial charge >= 0.3 is 0 Å². The number of ether oxygens (including phenoxy) is 2. The van der Waals surface area contributed by atoms with E-state index in [0.29, 0.717) is 42.9 Å². The largest absolute Gasteiger partial charge is 0.381 e. The van der Waals surface area contributed by atoms with E-state index >= 15 is 0 Å². The van der Waals surface area contributed by atoms with Gasteiger partial charge in [-0.25, -0.2) is 0 Å². The van der Waals surface area contributed by atoms with Gasteiger partial charge in [0.1, 0.15) is 5.69 Å². The summed E-state index contributed by atoms with van der Waals surface area (Å²) in [5.41, 5.74) is 1.60. The van der Waals surface area contributed by atoms with Gasteiger partial charge in [0.2, 0.25) is 5.89 Å². The summed E-state index contributed by atoms with van der Waals surface area (Å²) in [6.45, 7) is 4.36. The minimum absolute atomic E-state index is 0.0205. The third-order valence-electron chi connectivity index (χ3n) is 6.47. The van der Waals surface area contributed by atoms with Gasteiger partial charge in [-0.1, -0.05) is 23.4 Å². The van der Waals surface area contributed by atoms with Crippen LogP contribution in [0.1, 0.15) is 53.8 Å². The van der Waals surface area contributed by atoms with Crippen LogP contribution in [-0.4, -0.2) is 65.4 Å². The summed E-state index contributed by atoms with van der Waals surface area (Å²) >= 11 is 0. The molecule has 0 bridgehead atoms. The number of hydrogen-bond donors (Lipinski definition) is 1. The Morgan fingerprint density at radius 2 is 2.09 bits per heavy atom. The number of amides is 1. The number of carbonyl (C=O) groups excluding carboxylic acids is 1. The number of likely N-dealkylation sites (tertiary alicyclic amines) is 1. The van der Waals surface area contributed by atoms with Gasteiger partial charge in [0.15, 0.2) is 5.82 Å². The Morgan fingerprint density at radius 1 is 1.22 bits per heavy atom. The van der Waals surface area contributed by atoms with Crippen LogP contribution < -0.4 is 0 Å². The number of aromatic nitrogens is 3. The number of benzene rings is 1. The normalized spacial score (nSPS) is 20.1. The number of carbonyl (C=O) groups is 1. The number of aromatic amines is 1. The predicted octanol–water partition coefficient (Wildman–Crippen LogP) is 3.56. The maximum Gasteiger partial charge on any atom is 0.270 e. The summed E-state index contributed by atoms with van der Waals surface area (Å²) in [6.07, 6.45) is 4.64. The van der Waals surface area contributed by atoms with Crippen molar-refractivity contribution in [2.45, 2.75) is 38.0 Å². The number of rotatable bonds is 7. The topological polar surface area (TPSA) is 93.5 Å². The van der Waals surface area contributed by atoms with Crippen LogP contribution in [0.5, 0.6) is 0 Å². The Morgan fingerprint density at radius 3 is 2.97 bits per heavy atom. The summed E-state index contributed by atoms with van der Waals surface area (Å²) < 4.78 is 16.8. The fraction of sp³-hybridized carbons (Fsp3) is 0.542. The number of fused-ring (bicyclic) bond motifs is 1. The SMILES string of the molecule is O=C(c1cc2ccccc2[nH]1)N1CCCC(c2nc(CCOCC3CCOCC3)no2)C1. The van der Waals surface area contributed by atoms with Crippen LogP contribution in [0.4, 0.5) is 0 Å². The molecule has 0 aliphatic carbocycles. The van der Waals surface area contributed by atoms with Crippen molar-refractivity contribution in [3.05, 3.63) is 47.7 Å². The van der Waals surface area contributed by atoms with Crippen molar-refractivity contribution in [2.75, 3.05) is 39.5 Å². The smallest absolute Gasteiger partial charge is 0.270 e. The molecular formula is C24H30N4O4. The molecule has 5 rings (SSSR count). The maximum atomic E-state index is 13.1. The van der Waals surface area contributed by atoms with Gasteiger partial charge in [-0.05, 0) is 43.7 Å². The molecule has 1 N–H and O–H groups in total. The molecule has 8 heteroatoms. The lowest BCUT2D eigenvalue weighted by Gasteiger charge is -2.30. The van der Waals surface area contributed by atoms with E-state index in [1.54, 1.807) is 0 Å². The van der Waals surface area contributed by atoms with Crippen LogP contribution in [0, 0.1) is 5.92 Å². The molecule has 2 aromatic heterocycles. The highest BCUT2D eigenvalue weighted by Crippen LogP contribution is 2.27. The van der Waals surface area contributed by atoms with E-state index in [0.717, 1.165) is 63.0 Å². The Balaban J connectivity index is 1.14. The van der Waals surface area contributed by atoms with E-state index in [1.165, 1.54) is 0 Å². The second-order valence-electron chi connectivity index (χ2n) is 8.79. The minimum Gasteiger partial charge on any atom is -0.381 e. The van der Waals surface area contributed by atoms with Crippen LogP contribution in [0.15, 0.2) is 34.9 Å². The van der Waals surface area contributed by atoms with E-state index in [-0.39, 0.29) is 11.8 Å². The van der Waals surface area contributed by atoms with E-state index in [4.69, 9.17) is 14.0 Å². The number of piperidine rings is 1. The van der Waals surface area contributed by atoms with Gasteiger partial charge in [-0.3, -0.25) is 4.79 Å². The number of H-pyrrole nitrogens is 1. The van der Waals surface area contributed by atoms with E-state index in [2.05, 4.69) is 15.1 Å². The second kappa shape index (κ2) is 9.83. The molecule has 8 nitrogen and oxygen atoms in total. The average Bonchev–Trinajstić information content (AvgIpc) is 3.49. The quantitative estimate of drug-likeness (QED) is 0.567. The van der Waals surface area contributed by atoms with Gasteiger partial charge in [0, 0.05) is 50.2 Å². The first-order valence-corrected chi connectivity index (χ1v) is 11.6. The van der Waals surface area contributed by atoms with Crippen molar-refractivity contribution in [2.24, 2.45) is 5.92 Å². The first kappa shape index (κ1) is 21.2. The zero-order chi connectivity index (χ0) is 21.8. The molecule has 2 aliphatic rings. The number of nitrogens with zero attached hydrogens (tertiary/aromatic N) is 3. The van der Waals surface area contributed by atoms with Crippen molar-refractivity contribution >= 4 is 16.8 Å². The highest BCUT2D eigenvalue weighted by molar-refractivity contribution is 5.98. The first-order valence-electron chi connectivity index (χ1n) is 11.6. The Labute approximate surface area is 187 Å². The highest BCUT2D eigenvalue weighted by Gasteiger charge is 2.29. The molecular weight excluding hydrogens is 408 g/mol. The monoisotopic (exact) mass is 438 g/mol. The lowest BCUT2D eigenvalue weighted by atomic mass is 9.97. The van der Waals surface area contributed by atoms with Crippen LogP contribution in [0.3, 0.4) is 0 Å². The van der Waals surface area contributed by atoms with Crippen LogP contribution >= 0.6 is 0 Å². The van der Waals surface area contributed by atoms with E-state index in [9.17, 15) is 4.79 Å². The van der Waals surface area contributed by atoms with E-state index in [1.807, 2.05) is 35.2 Å². The number of hydrogen-bond acceptors (Lipinski definition) is 6. The maximum absolute atomic E-state index is 13.1. The molecule has 2 fully saturated rings. The molecule has 1 unspecified atom stereocenters. The molecule has 1 aromatic carbocycles. The summed E-state index contributed by atoms with van der Waals surface area (Å²) in [7, 11) is 0. The zero-order valence-corrected chi connectivity index (χ0v) is 18.3. The lowest BCUT2D eigenvalue weighted by Crippen LogP contribution is -2.39. The van der Waals surface area contributed by atoms with Crippen molar-refractivity contribution < 1.29 is 18.8 Å². The van der Waals surface area contributed by atoms with Crippen LogP contribution in [0.25, 0.3) is 10.9 Å². The third-order valence-corrected chi connectivity index (χ3v) is 6.47. The Hall–Kier alpha value is -2.71. The van der Waals surface area contributed by atoms with Crippen LogP contribution in [0.2, 0.25) is 0 Å². The van der Waals surface area contributed by atoms with Crippen molar-refractivity contribution in [1.82, 2.24) is 20.0 Å². The fourth-order valence-electron chi connectivity index (χ4n) is 4.58. The van der Waals surface area contributed by atoms with Gasteiger partial charge in [-0.15, -0.1) is 0 Å². The molecule has 0 saturated carbocycles. The highest BCUT2D eigenvalue weighted by atomic mass is 16.5. The predicted molar refractivity (Wildman–Crippen MR) is 119 cm³/mol. The van der Waals surface area contributed by atoms with Gasteiger partial charge in [0.05, 0.1) is 12.5 Å². The summed E-state index contributed by atoms with van der Waals surface area (Å²) in [5.74, 6) is 1.98. The fourth-order valence-corrected chi connectivity index (χ4v) is 4.58. The lowest BCUT2D eigenvalue weighted by molar-refractivity contribution is 0.0211. The standard InChI is InChI=1S/C24H30N4O4/c29-24(21-14-18-4-1-2-6-20(18)25-21)28-10-3-5-19(15-28)23-26-22(27-32-23)9-13-31-16-17-7-11-30-12-8-17/h1-2,4,6,14,17,19,25H,3,5,7-13,15-16H2. The number of nitrogens with one attached hydrogen (secondary N) is 1. The van der Waals surface area contributed by atoms with E-state index < -0.39 is 0 Å². The number of para-hydroxylation sites is 1. The molecule has 1 amide bonds. The third kappa shape index (κ3) is 4.86. The molecule has 2 aliphatic heterocycles. The molecule has 0 radical (unpaired) electrons. The summed E-state index contributed by atoms with van der Waals surface area (Å²) in [6, 6.07) is 9.86. The second-order valence-corrected chi connectivity index (χ2v) is 8.79. The molecule has 32 heavy (non-hydrogen) atoms. The van der Waals surface area contributed by atoms with Gasteiger partial charge < -0.3 is 23.9 Å². The van der Waals surface area contributed by atoms with Crippen molar-refractivity contribution in [3.63, 3.8) is 0 Å². The Kier molecular flexibility index (Phi) is 6.50.